The maximum absolute atomic E-state index is 15.4. The van der Waals surface area contributed by atoms with Crippen LogP contribution >= 0.6 is 0 Å². The molecule has 0 radical (unpaired) electrons. The molecular weight excluding hydrogens is 604 g/mol. The van der Waals surface area contributed by atoms with Crippen molar-refractivity contribution in [2.75, 3.05) is 11.9 Å². The van der Waals surface area contributed by atoms with Crippen LogP contribution in [0.4, 0.5) is 14.5 Å². The number of nitrogens with zero attached hydrogens (tertiary/aromatic N) is 3. The van der Waals surface area contributed by atoms with Gasteiger partial charge in [0.2, 0.25) is 5.91 Å². The summed E-state index contributed by atoms with van der Waals surface area (Å²) in [4.78, 5) is 33.9. The van der Waals surface area contributed by atoms with E-state index in [9.17, 15) is 14.0 Å². The smallest absolute Gasteiger partial charge is 0.262 e. The molecule has 0 spiro atoms. The van der Waals surface area contributed by atoms with E-state index in [0.29, 0.717) is 22.5 Å². The number of fused-ring (bicyclic) bond motifs is 1. The maximum Gasteiger partial charge on any atom is 0.262 e. The first-order valence-corrected chi connectivity index (χ1v) is 14.7. The average molecular weight is 632 g/mol. The highest BCUT2D eigenvalue weighted by Crippen LogP contribution is 2.38. The zero-order valence-corrected chi connectivity index (χ0v) is 25.1. The summed E-state index contributed by atoms with van der Waals surface area (Å²) in [6.07, 6.45) is 4.73. The quantitative estimate of drug-likeness (QED) is 0.166. The van der Waals surface area contributed by atoms with Crippen LogP contribution in [0.15, 0.2) is 102 Å². The Kier molecular flexibility index (Phi) is 8.75. The van der Waals surface area contributed by atoms with Crippen LogP contribution in [0.5, 0.6) is 17.2 Å². The lowest BCUT2D eigenvalue weighted by atomic mass is 10.0. The van der Waals surface area contributed by atoms with E-state index in [1.165, 1.54) is 47.2 Å². The second kappa shape index (κ2) is 13.4. The van der Waals surface area contributed by atoms with Gasteiger partial charge in [0.05, 0.1) is 36.5 Å². The van der Waals surface area contributed by atoms with Crippen molar-refractivity contribution in [1.29, 1.82) is 5.26 Å². The van der Waals surface area contributed by atoms with Crippen LogP contribution in [0.25, 0.3) is 27.8 Å². The zero-order chi connectivity index (χ0) is 32.9. The molecule has 0 unspecified atom stereocenters. The highest BCUT2D eigenvalue weighted by Gasteiger charge is 2.19. The number of hydrogen-bond donors (Lipinski definition) is 2. The van der Waals surface area contributed by atoms with Gasteiger partial charge in [0.15, 0.2) is 11.6 Å². The van der Waals surface area contributed by atoms with Gasteiger partial charge in [-0.05, 0) is 66.6 Å². The lowest BCUT2D eigenvalue weighted by molar-refractivity contribution is -0.115. The highest BCUT2D eigenvalue weighted by atomic mass is 19.1. The summed E-state index contributed by atoms with van der Waals surface area (Å²) in [5, 5.41) is 12.4. The van der Waals surface area contributed by atoms with Crippen LogP contribution in [0, 0.1) is 23.0 Å². The van der Waals surface area contributed by atoms with Crippen molar-refractivity contribution in [2.24, 2.45) is 0 Å². The summed E-state index contributed by atoms with van der Waals surface area (Å²) >= 11 is 0. The minimum absolute atomic E-state index is 0.0789. The first-order chi connectivity index (χ1) is 22.8. The van der Waals surface area contributed by atoms with E-state index >= 15 is 4.39 Å². The number of H-pyrrole nitrogens is 1. The number of benzene rings is 3. The molecule has 47 heavy (non-hydrogen) atoms. The van der Waals surface area contributed by atoms with E-state index in [0.717, 1.165) is 22.8 Å². The lowest BCUT2D eigenvalue weighted by Gasteiger charge is -2.14. The Hall–Kier alpha value is -6.28. The van der Waals surface area contributed by atoms with Crippen molar-refractivity contribution < 1.29 is 23.0 Å². The monoisotopic (exact) mass is 631 g/mol. The number of anilines is 1. The first kappa shape index (κ1) is 30.7. The average Bonchev–Trinajstić information content (AvgIpc) is 3.50. The number of rotatable bonds is 10. The Labute approximate surface area is 267 Å². The molecule has 0 bridgehead atoms. The molecule has 2 N–H and O–H groups in total. The Balaban J connectivity index is 1.23. The first-order valence-electron chi connectivity index (χ1n) is 14.7. The number of nitrogens with one attached hydrogen (secondary N) is 2. The number of nitriles is 1. The van der Waals surface area contributed by atoms with Gasteiger partial charge in [-0.2, -0.15) is 5.26 Å². The van der Waals surface area contributed by atoms with Crippen LogP contribution in [-0.4, -0.2) is 27.0 Å². The molecule has 6 rings (SSSR count). The van der Waals surface area contributed by atoms with Gasteiger partial charge in [-0.15, -0.1) is 0 Å². The molecule has 0 fully saturated rings. The summed E-state index contributed by atoms with van der Waals surface area (Å²) in [5.74, 6) is -1.22. The van der Waals surface area contributed by atoms with Gasteiger partial charge in [0.25, 0.3) is 5.56 Å². The van der Waals surface area contributed by atoms with E-state index in [-0.39, 0.29) is 42.2 Å². The molecule has 3 aromatic carbocycles. The van der Waals surface area contributed by atoms with Gasteiger partial charge in [-0.25, -0.2) is 13.8 Å². The summed E-state index contributed by atoms with van der Waals surface area (Å²) in [6.45, 7) is 2.02. The van der Waals surface area contributed by atoms with Crippen molar-refractivity contribution in [3.05, 3.63) is 131 Å². The predicted molar refractivity (Wildman–Crippen MR) is 173 cm³/mol. The number of ether oxygens (including phenoxy) is 2. The van der Waals surface area contributed by atoms with Crippen LogP contribution in [0.1, 0.15) is 18.1 Å². The van der Waals surface area contributed by atoms with Crippen LogP contribution in [0.3, 0.4) is 0 Å². The molecule has 3 aromatic heterocycles. The second-order valence-corrected chi connectivity index (χ2v) is 10.5. The number of carbonyl (C=O) groups excluding carboxylic acids is 1. The largest absolute Gasteiger partial charge is 0.493 e. The van der Waals surface area contributed by atoms with E-state index in [2.05, 4.69) is 21.4 Å². The molecule has 6 aromatic rings. The standard InChI is InChI=1S/C36H27F2N5O4/c1-2-46-30-14-17-43(26-9-6-24(37)7-10-26)36(45)27(30)20-33(44)42-25-8-11-31(29(38)19-25)47-32-13-16-40-35-34(32)28(21-41-35)23-5-3-4-22(18-23)12-15-39/h3-11,13-14,16-19,21H,2,12,20H2,1H3,(H,40,41)(H,42,44). The zero-order valence-electron chi connectivity index (χ0n) is 25.1. The molecular formula is C36H27F2N5O4. The molecule has 0 saturated heterocycles. The molecule has 234 valence electrons. The topological polar surface area (TPSA) is 122 Å². The van der Waals surface area contributed by atoms with E-state index in [1.807, 2.05) is 24.3 Å². The third-order valence-corrected chi connectivity index (χ3v) is 7.38. The Bertz CT molecular complexity index is 2200. The van der Waals surface area contributed by atoms with Crippen molar-refractivity contribution >= 4 is 22.6 Å². The number of amides is 1. The Morgan fingerprint density at radius 1 is 1.02 bits per heavy atom. The number of hydrogen-bond acceptors (Lipinski definition) is 6. The summed E-state index contributed by atoms with van der Waals surface area (Å²) in [7, 11) is 0. The van der Waals surface area contributed by atoms with Gasteiger partial charge in [-0.1, -0.05) is 24.3 Å². The summed E-state index contributed by atoms with van der Waals surface area (Å²) in [6, 6.07) is 22.3. The second-order valence-electron chi connectivity index (χ2n) is 10.5. The third-order valence-electron chi connectivity index (χ3n) is 7.38. The predicted octanol–water partition coefficient (Wildman–Crippen LogP) is 7.10. The highest BCUT2D eigenvalue weighted by molar-refractivity contribution is 5.98. The summed E-state index contributed by atoms with van der Waals surface area (Å²) < 4.78 is 41.7. The van der Waals surface area contributed by atoms with Crippen LogP contribution < -0.4 is 20.3 Å². The number of pyridine rings is 2. The molecule has 9 nitrogen and oxygen atoms in total. The van der Waals surface area contributed by atoms with E-state index in [1.54, 1.807) is 31.5 Å². The lowest BCUT2D eigenvalue weighted by Crippen LogP contribution is -2.26. The van der Waals surface area contributed by atoms with E-state index < -0.39 is 23.1 Å². The van der Waals surface area contributed by atoms with Crippen molar-refractivity contribution in [3.8, 4) is 40.1 Å². The SMILES string of the molecule is CCOc1ccn(-c2ccc(F)cc2)c(=O)c1CC(=O)Nc1ccc(Oc2ccnc3[nH]cc(-c4cccc(CC#N)c4)c23)c(F)c1. The van der Waals surface area contributed by atoms with Crippen LogP contribution in [-0.2, 0) is 17.6 Å². The fraction of sp³-hybridized carbons (Fsp3) is 0.111. The molecule has 11 heteroatoms. The van der Waals surface area contributed by atoms with Crippen molar-refractivity contribution in [3.63, 3.8) is 0 Å². The summed E-state index contributed by atoms with van der Waals surface area (Å²) in [5.41, 5.74) is 3.19. The van der Waals surface area contributed by atoms with Gasteiger partial charge < -0.3 is 19.8 Å². The van der Waals surface area contributed by atoms with Gasteiger partial charge >= 0.3 is 0 Å². The number of aromatic amines is 1. The Morgan fingerprint density at radius 3 is 2.62 bits per heavy atom. The van der Waals surface area contributed by atoms with Crippen molar-refractivity contribution in [1.82, 2.24) is 14.5 Å². The fourth-order valence-electron chi connectivity index (χ4n) is 5.24. The molecule has 0 aliphatic heterocycles. The minimum atomic E-state index is -0.728. The van der Waals surface area contributed by atoms with E-state index in [4.69, 9.17) is 14.7 Å². The van der Waals surface area contributed by atoms with Gasteiger partial charge in [0.1, 0.15) is 23.0 Å². The van der Waals surface area contributed by atoms with Gasteiger partial charge in [0, 0.05) is 41.6 Å². The number of carbonyl (C=O) groups is 1. The fourth-order valence-corrected chi connectivity index (χ4v) is 5.24. The molecule has 3 heterocycles. The van der Waals surface area contributed by atoms with Crippen molar-refractivity contribution in [2.45, 2.75) is 19.8 Å². The normalized spacial score (nSPS) is 10.9. The minimum Gasteiger partial charge on any atom is -0.493 e. The maximum atomic E-state index is 15.4. The number of halogens is 2. The van der Waals surface area contributed by atoms with Crippen LogP contribution in [0.2, 0.25) is 0 Å². The molecule has 0 saturated carbocycles. The molecule has 1 amide bonds. The molecule has 0 aliphatic rings. The Morgan fingerprint density at radius 2 is 1.85 bits per heavy atom. The van der Waals surface area contributed by atoms with Gasteiger partial charge in [-0.3, -0.25) is 14.2 Å². The molecule has 0 aliphatic carbocycles. The number of aromatic nitrogens is 3. The third kappa shape index (κ3) is 6.57. The molecule has 0 atom stereocenters.